The third kappa shape index (κ3) is 6.95. The van der Waals surface area contributed by atoms with Gasteiger partial charge in [0.15, 0.2) is 5.76 Å². The lowest BCUT2D eigenvalue weighted by Crippen LogP contribution is -2.46. The summed E-state index contributed by atoms with van der Waals surface area (Å²) in [6.45, 7) is 2.54. The molecule has 5 rings (SSSR count). The van der Waals surface area contributed by atoms with Gasteiger partial charge in [-0.05, 0) is 72.5 Å². The Hall–Kier alpha value is -4.58. The molecular weight excluding hydrogens is 531 g/mol. The van der Waals surface area contributed by atoms with Gasteiger partial charge in [-0.15, -0.1) is 10.2 Å². The van der Waals surface area contributed by atoms with E-state index in [2.05, 4.69) is 20.7 Å². The lowest BCUT2D eigenvalue weighted by atomic mass is 10.0. The van der Waals surface area contributed by atoms with Crippen molar-refractivity contribution in [3.63, 3.8) is 0 Å². The Morgan fingerprint density at radius 3 is 2.59 bits per heavy atom. The monoisotopic (exact) mass is 562 g/mol. The van der Waals surface area contributed by atoms with Crippen LogP contribution in [0.15, 0.2) is 65.1 Å². The number of hydrogen-bond donors (Lipinski definition) is 1. The van der Waals surface area contributed by atoms with Crippen molar-refractivity contribution in [2.24, 2.45) is 0 Å². The summed E-state index contributed by atoms with van der Waals surface area (Å²) in [6.07, 6.45) is 1.67. The van der Waals surface area contributed by atoms with Crippen LogP contribution in [0.3, 0.4) is 0 Å². The molecule has 1 saturated heterocycles. The number of methoxy groups -OCH3 is 1. The molecule has 214 valence electrons. The Morgan fingerprint density at radius 1 is 1.15 bits per heavy atom. The van der Waals surface area contributed by atoms with Gasteiger partial charge in [-0.2, -0.15) is 4.80 Å². The molecule has 12 heteroatoms. The van der Waals surface area contributed by atoms with Crippen LogP contribution in [0.5, 0.6) is 5.75 Å². The number of hydrogen-bond acceptors (Lipinski definition) is 8. The maximum Gasteiger partial charge on any atom is 0.247 e. The number of tetrazole rings is 1. The fourth-order valence-corrected chi connectivity index (χ4v) is 4.66. The van der Waals surface area contributed by atoms with E-state index in [1.165, 1.54) is 29.2 Å². The van der Waals surface area contributed by atoms with Gasteiger partial charge in [0.25, 0.3) is 0 Å². The maximum absolute atomic E-state index is 13.9. The first-order valence-corrected chi connectivity index (χ1v) is 13.3. The Balaban J connectivity index is 1.45. The number of ether oxygens (including phenoxy) is 2. The molecule has 41 heavy (non-hydrogen) atoms. The van der Waals surface area contributed by atoms with E-state index >= 15 is 0 Å². The largest absolute Gasteiger partial charge is 0.497 e. The molecule has 2 aromatic carbocycles. The molecule has 1 N–H and O–H groups in total. The standard InChI is InChI=1S/C29H31FN6O5/c1-19-5-14-25(41-19)28-32-34-36(33-28)18-26(37)35(17-20-6-12-23(39-2)13-7-20)27(21-8-10-22(30)11-9-21)29(38)31-16-24-4-3-15-40-24/h5-14,24,27H,3-4,15-18H2,1-2H3,(H,31,38)/t24-,27+/m0/s1. The van der Waals surface area contributed by atoms with Crippen molar-refractivity contribution in [2.45, 2.75) is 45.0 Å². The van der Waals surface area contributed by atoms with E-state index in [1.807, 2.05) is 12.1 Å². The zero-order valence-electron chi connectivity index (χ0n) is 22.8. The highest BCUT2D eigenvalue weighted by Gasteiger charge is 2.33. The zero-order chi connectivity index (χ0) is 28.8. The highest BCUT2D eigenvalue weighted by molar-refractivity contribution is 5.88. The first kappa shape index (κ1) is 28.0. The maximum atomic E-state index is 13.9. The first-order chi connectivity index (χ1) is 19.9. The Labute approximate surface area is 236 Å². The molecule has 0 unspecified atom stereocenters. The summed E-state index contributed by atoms with van der Waals surface area (Å²) in [5.74, 6) is 0.700. The molecule has 1 aliphatic heterocycles. The molecule has 0 bridgehead atoms. The average Bonchev–Trinajstić information content (AvgIpc) is 3.76. The summed E-state index contributed by atoms with van der Waals surface area (Å²) in [6, 6.07) is 15.2. The first-order valence-electron chi connectivity index (χ1n) is 13.3. The van der Waals surface area contributed by atoms with Gasteiger partial charge >= 0.3 is 0 Å². The summed E-state index contributed by atoms with van der Waals surface area (Å²) in [7, 11) is 1.57. The second-order valence-corrected chi connectivity index (χ2v) is 9.76. The van der Waals surface area contributed by atoms with E-state index in [0.717, 1.165) is 23.2 Å². The summed E-state index contributed by atoms with van der Waals surface area (Å²) in [5.41, 5.74) is 1.22. The van der Waals surface area contributed by atoms with E-state index in [4.69, 9.17) is 13.9 Å². The normalized spacial score (nSPS) is 15.4. The van der Waals surface area contributed by atoms with Gasteiger partial charge in [0.05, 0.1) is 13.2 Å². The molecule has 3 heterocycles. The second kappa shape index (κ2) is 12.7. The Morgan fingerprint density at radius 2 is 1.93 bits per heavy atom. The van der Waals surface area contributed by atoms with Crippen LogP contribution in [0, 0.1) is 12.7 Å². The van der Waals surface area contributed by atoms with Gasteiger partial charge < -0.3 is 24.1 Å². The molecule has 0 aliphatic carbocycles. The summed E-state index contributed by atoms with van der Waals surface area (Å²) >= 11 is 0. The molecule has 0 spiro atoms. The lowest BCUT2D eigenvalue weighted by molar-refractivity contribution is -0.142. The van der Waals surface area contributed by atoms with Crippen molar-refractivity contribution in [3.05, 3.63) is 83.4 Å². The van der Waals surface area contributed by atoms with Crippen LogP contribution in [0.25, 0.3) is 11.6 Å². The molecule has 2 amide bonds. The van der Waals surface area contributed by atoms with Crippen molar-refractivity contribution in [1.82, 2.24) is 30.4 Å². The molecule has 0 radical (unpaired) electrons. The summed E-state index contributed by atoms with van der Waals surface area (Å²) in [5, 5.41) is 15.2. The molecule has 11 nitrogen and oxygen atoms in total. The molecule has 1 fully saturated rings. The van der Waals surface area contributed by atoms with Gasteiger partial charge in [-0.3, -0.25) is 9.59 Å². The molecule has 4 aromatic rings. The van der Waals surface area contributed by atoms with Crippen LogP contribution in [0.4, 0.5) is 4.39 Å². The van der Waals surface area contributed by atoms with Crippen LogP contribution < -0.4 is 10.1 Å². The quantitative estimate of drug-likeness (QED) is 0.295. The van der Waals surface area contributed by atoms with Crippen LogP contribution in [0.2, 0.25) is 0 Å². The average molecular weight is 563 g/mol. The number of halogens is 1. The highest BCUT2D eigenvalue weighted by atomic mass is 19.1. The molecule has 2 aromatic heterocycles. The lowest BCUT2D eigenvalue weighted by Gasteiger charge is -2.31. The van der Waals surface area contributed by atoms with Crippen LogP contribution in [-0.2, 0) is 27.4 Å². The van der Waals surface area contributed by atoms with E-state index < -0.39 is 23.7 Å². The van der Waals surface area contributed by atoms with Gasteiger partial charge in [-0.1, -0.05) is 24.3 Å². The Kier molecular flexibility index (Phi) is 8.68. The number of aromatic nitrogens is 4. The topological polar surface area (TPSA) is 125 Å². The number of benzene rings is 2. The summed E-state index contributed by atoms with van der Waals surface area (Å²) < 4.78 is 30.3. The Bertz CT molecular complexity index is 1460. The third-order valence-corrected chi connectivity index (χ3v) is 6.80. The zero-order valence-corrected chi connectivity index (χ0v) is 22.8. The fourth-order valence-electron chi connectivity index (χ4n) is 4.66. The van der Waals surface area contributed by atoms with Crippen LogP contribution in [-0.4, -0.2) is 63.3 Å². The fraction of sp³-hybridized carbons (Fsp3) is 0.345. The van der Waals surface area contributed by atoms with E-state index in [9.17, 15) is 14.0 Å². The number of aryl methyl sites for hydroxylation is 1. The number of amides is 2. The van der Waals surface area contributed by atoms with Crippen molar-refractivity contribution in [2.75, 3.05) is 20.3 Å². The van der Waals surface area contributed by atoms with Crippen LogP contribution in [0.1, 0.15) is 35.8 Å². The van der Waals surface area contributed by atoms with Crippen molar-refractivity contribution in [1.29, 1.82) is 0 Å². The molecular formula is C29H31FN6O5. The number of furan rings is 1. The predicted molar refractivity (Wildman–Crippen MR) is 145 cm³/mol. The van der Waals surface area contributed by atoms with Gasteiger partial charge in [-0.25, -0.2) is 4.39 Å². The van der Waals surface area contributed by atoms with Crippen molar-refractivity contribution < 1.29 is 27.9 Å². The SMILES string of the molecule is COc1ccc(CN(C(=O)Cn2nnc(-c3ccc(C)o3)n2)[C@@H](C(=O)NC[C@@H]2CCCO2)c2ccc(F)cc2)cc1. The van der Waals surface area contributed by atoms with Gasteiger partial charge in [0.1, 0.15) is 29.9 Å². The minimum atomic E-state index is -1.07. The van der Waals surface area contributed by atoms with Gasteiger partial charge in [0.2, 0.25) is 17.6 Å². The minimum absolute atomic E-state index is 0.0805. The minimum Gasteiger partial charge on any atom is -0.497 e. The predicted octanol–water partition coefficient (Wildman–Crippen LogP) is 3.45. The molecule has 2 atom stereocenters. The van der Waals surface area contributed by atoms with Gasteiger partial charge in [0, 0.05) is 19.7 Å². The third-order valence-electron chi connectivity index (χ3n) is 6.80. The number of nitrogens with one attached hydrogen (secondary N) is 1. The van der Waals surface area contributed by atoms with E-state index in [1.54, 1.807) is 38.3 Å². The smallest absolute Gasteiger partial charge is 0.247 e. The van der Waals surface area contributed by atoms with E-state index in [0.29, 0.717) is 36.0 Å². The number of nitrogens with zero attached hydrogens (tertiary/aromatic N) is 5. The van der Waals surface area contributed by atoms with Crippen molar-refractivity contribution >= 4 is 11.8 Å². The number of rotatable bonds is 11. The molecule has 1 aliphatic rings. The summed E-state index contributed by atoms with van der Waals surface area (Å²) in [4.78, 5) is 30.2. The van der Waals surface area contributed by atoms with Crippen LogP contribution >= 0.6 is 0 Å². The molecule has 0 saturated carbocycles. The van der Waals surface area contributed by atoms with Crippen molar-refractivity contribution in [3.8, 4) is 17.3 Å². The highest BCUT2D eigenvalue weighted by Crippen LogP contribution is 2.26. The van der Waals surface area contributed by atoms with E-state index in [-0.39, 0.29) is 25.0 Å². The number of carbonyl (C=O) groups excluding carboxylic acids is 2. The second-order valence-electron chi connectivity index (χ2n) is 9.76. The number of carbonyl (C=O) groups is 2.